The number of hydrogen-bond donors (Lipinski definition) is 2. The first-order valence-electron chi connectivity index (χ1n) is 11.9. The molecule has 0 aliphatic carbocycles. The highest BCUT2D eigenvalue weighted by molar-refractivity contribution is 5.98. The Morgan fingerprint density at radius 2 is 1.82 bits per heavy atom. The van der Waals surface area contributed by atoms with E-state index < -0.39 is 65.0 Å². The Kier molecular flexibility index (Phi) is 6.64. The molecule has 2 aromatic heterocycles. The van der Waals surface area contributed by atoms with Crippen LogP contribution in [0.1, 0.15) is 31.8 Å². The van der Waals surface area contributed by atoms with Crippen molar-refractivity contribution in [2.75, 3.05) is 18.8 Å². The maximum atomic E-state index is 14.8. The second-order valence-electron chi connectivity index (χ2n) is 9.28. The molecule has 4 aromatic rings. The van der Waals surface area contributed by atoms with Crippen molar-refractivity contribution in [1.29, 1.82) is 0 Å². The second-order valence-corrected chi connectivity index (χ2v) is 9.28. The minimum atomic E-state index is -4.76. The summed E-state index contributed by atoms with van der Waals surface area (Å²) in [5.74, 6) is -4.65. The van der Waals surface area contributed by atoms with E-state index in [4.69, 9.17) is 5.73 Å². The van der Waals surface area contributed by atoms with Crippen molar-refractivity contribution >= 4 is 23.1 Å². The number of anilines is 1. The maximum absolute atomic E-state index is 14.8. The highest BCUT2D eigenvalue weighted by Crippen LogP contribution is 2.38. The number of carbonyl (C=O) groups excluding carboxylic acids is 2. The monoisotopic (exact) mass is 562 g/mol. The van der Waals surface area contributed by atoms with Crippen molar-refractivity contribution in [1.82, 2.24) is 24.8 Å². The highest BCUT2D eigenvalue weighted by Gasteiger charge is 2.39. The Morgan fingerprint density at radius 3 is 2.55 bits per heavy atom. The smallest absolute Gasteiger partial charge is 0.382 e. The summed E-state index contributed by atoms with van der Waals surface area (Å²) in [7, 11) is 0. The molecule has 0 unspecified atom stereocenters. The highest BCUT2D eigenvalue weighted by atomic mass is 19.4. The van der Waals surface area contributed by atoms with Gasteiger partial charge < -0.3 is 16.0 Å². The normalized spacial score (nSPS) is 17.4. The summed E-state index contributed by atoms with van der Waals surface area (Å²) in [4.78, 5) is 30.4. The second kappa shape index (κ2) is 9.84. The lowest BCUT2D eigenvalue weighted by molar-refractivity contribution is -0.136. The van der Waals surface area contributed by atoms with Crippen LogP contribution in [0.25, 0.3) is 16.8 Å². The molecular formula is C26H20F6N6O2. The van der Waals surface area contributed by atoms with Crippen LogP contribution in [-0.2, 0) is 6.18 Å². The lowest BCUT2D eigenvalue weighted by atomic mass is 10.0. The van der Waals surface area contributed by atoms with Crippen molar-refractivity contribution in [3.63, 3.8) is 0 Å². The lowest BCUT2D eigenvalue weighted by Crippen LogP contribution is -2.42. The molecule has 1 aliphatic rings. The quantitative estimate of drug-likeness (QED) is 0.363. The predicted molar refractivity (Wildman–Crippen MR) is 131 cm³/mol. The molecule has 40 heavy (non-hydrogen) atoms. The Hall–Kier alpha value is -4.62. The van der Waals surface area contributed by atoms with E-state index in [-0.39, 0.29) is 29.2 Å². The summed E-state index contributed by atoms with van der Waals surface area (Å²) < 4.78 is 84.6. The number of hydrogen-bond acceptors (Lipinski definition) is 5. The number of alkyl halides is 4. The van der Waals surface area contributed by atoms with E-state index in [2.05, 4.69) is 15.4 Å². The standard InChI is InChI=1S/C26H20F6N6O2/c1-12-5-6-13(20-8-16(26(30,31)32)22-23(33)34-11-35-38(20)22)7-15(12)24(39)36-19-10-37(9-18(19)28)25(40)14-3-2-4-17(27)21(14)29/h2-8,11,18-19H,9-10H2,1H3,(H,36,39)(H2,33,34,35)/t18-,19+/m0/s1. The fourth-order valence-corrected chi connectivity index (χ4v) is 4.67. The number of benzene rings is 2. The first-order valence-corrected chi connectivity index (χ1v) is 11.9. The number of aromatic nitrogens is 3. The zero-order chi connectivity index (χ0) is 28.9. The molecule has 2 atom stereocenters. The van der Waals surface area contributed by atoms with E-state index in [1.165, 1.54) is 18.2 Å². The van der Waals surface area contributed by atoms with Crippen LogP contribution in [0.3, 0.4) is 0 Å². The summed E-state index contributed by atoms with van der Waals surface area (Å²) in [6.07, 6.45) is -5.47. The zero-order valence-corrected chi connectivity index (χ0v) is 20.6. The Labute approximate surface area is 222 Å². The van der Waals surface area contributed by atoms with Gasteiger partial charge in [0.15, 0.2) is 17.5 Å². The largest absolute Gasteiger partial charge is 0.418 e. The molecule has 0 bridgehead atoms. The fraction of sp³-hybridized carbons (Fsp3) is 0.231. The number of nitrogen functional groups attached to an aromatic ring is 1. The van der Waals surface area contributed by atoms with E-state index >= 15 is 0 Å². The molecule has 208 valence electrons. The summed E-state index contributed by atoms with van der Waals surface area (Å²) in [5, 5.41) is 6.39. The molecule has 0 saturated carbocycles. The van der Waals surface area contributed by atoms with Gasteiger partial charge in [0.1, 0.15) is 18.0 Å². The summed E-state index contributed by atoms with van der Waals surface area (Å²) >= 11 is 0. The Morgan fingerprint density at radius 1 is 1.07 bits per heavy atom. The number of halogens is 6. The minimum Gasteiger partial charge on any atom is -0.382 e. The first kappa shape index (κ1) is 27.0. The topological polar surface area (TPSA) is 106 Å². The number of amides is 2. The summed E-state index contributed by atoms with van der Waals surface area (Å²) in [6, 6.07) is 7.07. The van der Waals surface area contributed by atoms with Crippen LogP contribution in [0.4, 0.5) is 32.2 Å². The van der Waals surface area contributed by atoms with Crippen LogP contribution in [-0.4, -0.2) is 56.6 Å². The van der Waals surface area contributed by atoms with E-state index in [1.807, 2.05) is 0 Å². The van der Waals surface area contributed by atoms with E-state index in [9.17, 15) is 35.9 Å². The van der Waals surface area contributed by atoms with Crippen LogP contribution in [0, 0.1) is 18.6 Å². The number of rotatable bonds is 4. The van der Waals surface area contributed by atoms with Gasteiger partial charge in [-0.3, -0.25) is 9.59 Å². The summed E-state index contributed by atoms with van der Waals surface area (Å²) in [5.41, 5.74) is 4.30. The Balaban J connectivity index is 1.41. The van der Waals surface area contributed by atoms with Gasteiger partial charge >= 0.3 is 6.18 Å². The van der Waals surface area contributed by atoms with Gasteiger partial charge in [-0.05, 0) is 36.8 Å². The van der Waals surface area contributed by atoms with Crippen LogP contribution in [0.5, 0.6) is 0 Å². The third-order valence-electron chi connectivity index (χ3n) is 6.70. The van der Waals surface area contributed by atoms with Crippen molar-refractivity contribution in [2.24, 2.45) is 0 Å². The summed E-state index contributed by atoms with van der Waals surface area (Å²) in [6.45, 7) is 0.811. The average molecular weight is 562 g/mol. The molecule has 0 radical (unpaired) electrons. The van der Waals surface area contributed by atoms with Crippen molar-refractivity contribution < 1.29 is 35.9 Å². The number of nitrogens with two attached hydrogens (primary N) is 1. The number of nitrogens with one attached hydrogen (secondary N) is 1. The van der Waals surface area contributed by atoms with E-state index in [1.54, 1.807) is 6.92 Å². The van der Waals surface area contributed by atoms with Crippen LogP contribution in [0.15, 0.2) is 48.8 Å². The fourth-order valence-electron chi connectivity index (χ4n) is 4.67. The van der Waals surface area contributed by atoms with Crippen molar-refractivity contribution in [3.05, 3.63) is 82.7 Å². The van der Waals surface area contributed by atoms with Gasteiger partial charge in [-0.25, -0.2) is 22.7 Å². The van der Waals surface area contributed by atoms with E-state index in [0.717, 1.165) is 40.0 Å². The number of carbonyl (C=O) groups is 2. The molecule has 8 nitrogen and oxygen atoms in total. The first-order chi connectivity index (χ1) is 18.9. The third kappa shape index (κ3) is 4.69. The van der Waals surface area contributed by atoms with E-state index in [0.29, 0.717) is 5.56 Å². The molecule has 3 heterocycles. The predicted octanol–water partition coefficient (Wildman–Crippen LogP) is 4.18. The number of aryl methyl sites for hydroxylation is 1. The molecule has 0 spiro atoms. The van der Waals surface area contributed by atoms with Gasteiger partial charge in [0.25, 0.3) is 11.8 Å². The molecule has 1 aliphatic heterocycles. The maximum Gasteiger partial charge on any atom is 0.418 e. The lowest BCUT2D eigenvalue weighted by Gasteiger charge is -2.18. The van der Waals surface area contributed by atoms with Crippen LogP contribution >= 0.6 is 0 Å². The molecular weight excluding hydrogens is 542 g/mol. The molecule has 3 N–H and O–H groups in total. The van der Waals surface area contributed by atoms with Gasteiger partial charge in [-0.15, -0.1) is 0 Å². The van der Waals surface area contributed by atoms with Crippen LogP contribution < -0.4 is 11.1 Å². The molecule has 2 amide bonds. The number of nitrogens with zero attached hydrogens (tertiary/aromatic N) is 4. The molecule has 1 fully saturated rings. The minimum absolute atomic E-state index is 0.0106. The van der Waals surface area contributed by atoms with Gasteiger partial charge in [0.05, 0.1) is 29.4 Å². The zero-order valence-electron chi connectivity index (χ0n) is 20.6. The van der Waals surface area contributed by atoms with Gasteiger partial charge in [-0.2, -0.15) is 18.3 Å². The van der Waals surface area contributed by atoms with Gasteiger partial charge in [-0.1, -0.05) is 18.2 Å². The molecule has 2 aromatic carbocycles. The third-order valence-corrected chi connectivity index (χ3v) is 6.70. The molecule has 5 rings (SSSR count). The van der Waals surface area contributed by atoms with Gasteiger partial charge in [0.2, 0.25) is 0 Å². The average Bonchev–Trinajstić information content (AvgIpc) is 3.47. The van der Waals surface area contributed by atoms with Gasteiger partial charge in [0, 0.05) is 17.7 Å². The molecule has 14 heteroatoms. The molecule has 1 saturated heterocycles. The number of fused-ring (bicyclic) bond motifs is 1. The van der Waals surface area contributed by atoms with Crippen molar-refractivity contribution in [3.8, 4) is 11.3 Å². The van der Waals surface area contributed by atoms with Crippen molar-refractivity contribution in [2.45, 2.75) is 25.3 Å². The Bertz CT molecular complexity index is 1650. The SMILES string of the molecule is Cc1ccc(-c2cc(C(F)(F)F)c3c(N)ncnn23)cc1C(=O)N[C@@H]1CN(C(=O)c2cccc(F)c2F)C[C@@H]1F. The number of likely N-dealkylation sites (tertiary alicyclic amines) is 1. The van der Waals surface area contributed by atoms with Crippen LogP contribution in [0.2, 0.25) is 0 Å².